The molecule has 0 radical (unpaired) electrons. The van der Waals surface area contributed by atoms with Gasteiger partial charge in [0.15, 0.2) is 0 Å². The Hall–Kier alpha value is -1.36. The van der Waals surface area contributed by atoms with Crippen LogP contribution >= 0.6 is 15.9 Å². The maximum atomic E-state index is 11.8. The summed E-state index contributed by atoms with van der Waals surface area (Å²) in [6.07, 6.45) is 0.963. The Morgan fingerprint density at radius 3 is 2.39 bits per heavy atom. The second kappa shape index (κ2) is 7.16. The smallest absolute Gasteiger partial charge is 0.323 e. The predicted molar refractivity (Wildman–Crippen MR) is 72.4 cm³/mol. The molecule has 0 unspecified atom stereocenters. The van der Waals surface area contributed by atoms with Crippen LogP contribution in [0.4, 0.5) is 0 Å². The van der Waals surface area contributed by atoms with Gasteiger partial charge in [-0.2, -0.15) is 0 Å². The summed E-state index contributed by atoms with van der Waals surface area (Å²) in [7, 11) is 0. The first-order valence-corrected chi connectivity index (χ1v) is 6.56. The molecule has 1 N–H and O–H groups in total. The van der Waals surface area contributed by atoms with Crippen molar-refractivity contribution in [2.75, 3.05) is 13.1 Å². The molecule has 0 spiro atoms. The molecule has 0 aliphatic heterocycles. The summed E-state index contributed by atoms with van der Waals surface area (Å²) in [5.74, 6) is -1.10. The fourth-order valence-electron chi connectivity index (χ4n) is 1.60. The van der Waals surface area contributed by atoms with Crippen molar-refractivity contribution in [1.82, 2.24) is 4.90 Å². The predicted octanol–water partition coefficient (Wildman–Crippen LogP) is 2.31. The number of aryl methyl sites for hydroxylation is 1. The number of likely N-dealkylation sites (N-methyl/N-ethyl adjacent to an activating group) is 1. The van der Waals surface area contributed by atoms with E-state index in [4.69, 9.17) is 5.11 Å². The van der Waals surface area contributed by atoms with E-state index in [2.05, 4.69) is 15.9 Å². The quantitative estimate of drug-likeness (QED) is 0.876. The number of aliphatic carboxylic acids is 1. The van der Waals surface area contributed by atoms with Crippen LogP contribution in [0, 0.1) is 0 Å². The fourth-order valence-corrected chi connectivity index (χ4v) is 1.86. The van der Waals surface area contributed by atoms with Crippen LogP contribution in [0.3, 0.4) is 0 Å². The molecule has 5 heteroatoms. The number of carbonyl (C=O) groups is 2. The maximum absolute atomic E-state index is 11.8. The van der Waals surface area contributed by atoms with Gasteiger partial charge in [0, 0.05) is 17.4 Å². The molecule has 0 saturated heterocycles. The van der Waals surface area contributed by atoms with Gasteiger partial charge in [0.1, 0.15) is 6.54 Å². The molecular formula is C13H16BrNO3. The fraction of sp³-hybridized carbons (Fsp3) is 0.385. The van der Waals surface area contributed by atoms with Gasteiger partial charge in [0.05, 0.1) is 0 Å². The van der Waals surface area contributed by atoms with Crippen molar-refractivity contribution in [3.8, 4) is 0 Å². The molecule has 0 bridgehead atoms. The summed E-state index contributed by atoms with van der Waals surface area (Å²) in [4.78, 5) is 23.7. The van der Waals surface area contributed by atoms with Crippen LogP contribution in [-0.2, 0) is 16.0 Å². The van der Waals surface area contributed by atoms with Gasteiger partial charge in [-0.25, -0.2) is 0 Å². The maximum Gasteiger partial charge on any atom is 0.323 e. The third kappa shape index (κ3) is 4.87. The average molecular weight is 314 g/mol. The number of amides is 1. The zero-order valence-electron chi connectivity index (χ0n) is 10.2. The number of hydrogen-bond donors (Lipinski definition) is 1. The van der Waals surface area contributed by atoms with Crippen LogP contribution in [0.2, 0.25) is 0 Å². The van der Waals surface area contributed by atoms with Crippen molar-refractivity contribution in [1.29, 1.82) is 0 Å². The lowest BCUT2D eigenvalue weighted by atomic mass is 10.1. The summed E-state index contributed by atoms with van der Waals surface area (Å²) in [5.41, 5.74) is 1.07. The summed E-state index contributed by atoms with van der Waals surface area (Å²) >= 11 is 3.35. The Morgan fingerprint density at radius 1 is 1.28 bits per heavy atom. The van der Waals surface area contributed by atoms with Gasteiger partial charge in [0.2, 0.25) is 5.91 Å². The first-order valence-electron chi connectivity index (χ1n) is 5.77. The second-order valence-corrected chi connectivity index (χ2v) is 4.84. The minimum absolute atomic E-state index is 0.122. The Labute approximate surface area is 115 Å². The van der Waals surface area contributed by atoms with Gasteiger partial charge in [-0.05, 0) is 31.0 Å². The molecule has 18 heavy (non-hydrogen) atoms. The molecule has 1 aromatic carbocycles. The number of hydrogen-bond acceptors (Lipinski definition) is 2. The van der Waals surface area contributed by atoms with E-state index >= 15 is 0 Å². The molecule has 1 aromatic rings. The summed E-state index contributed by atoms with van der Waals surface area (Å²) in [5, 5.41) is 8.68. The van der Waals surface area contributed by atoms with E-state index in [0.717, 1.165) is 10.0 Å². The number of nitrogens with zero attached hydrogens (tertiary/aromatic N) is 1. The first-order chi connectivity index (χ1) is 8.52. The summed E-state index contributed by atoms with van der Waals surface area (Å²) < 4.78 is 0.999. The normalized spacial score (nSPS) is 10.1. The standard InChI is InChI=1S/C13H16BrNO3/c1-2-15(9-13(17)18)12(16)8-5-10-3-6-11(14)7-4-10/h3-4,6-7H,2,5,8-9H2,1H3,(H,17,18). The van der Waals surface area contributed by atoms with Gasteiger partial charge < -0.3 is 10.0 Å². The molecule has 0 aromatic heterocycles. The topological polar surface area (TPSA) is 57.6 Å². The third-order valence-corrected chi connectivity index (χ3v) is 3.13. The van der Waals surface area contributed by atoms with Gasteiger partial charge in [-0.1, -0.05) is 28.1 Å². The molecule has 0 saturated carbocycles. The van der Waals surface area contributed by atoms with Crippen molar-refractivity contribution in [2.45, 2.75) is 19.8 Å². The van der Waals surface area contributed by atoms with Gasteiger partial charge in [-0.15, -0.1) is 0 Å². The monoisotopic (exact) mass is 313 g/mol. The molecule has 1 rings (SSSR count). The van der Waals surface area contributed by atoms with E-state index in [1.807, 2.05) is 24.3 Å². The van der Waals surface area contributed by atoms with Crippen molar-refractivity contribution in [2.24, 2.45) is 0 Å². The molecule has 4 nitrogen and oxygen atoms in total. The van der Waals surface area contributed by atoms with E-state index in [1.165, 1.54) is 4.90 Å². The molecule has 1 amide bonds. The average Bonchev–Trinajstić information content (AvgIpc) is 2.34. The van der Waals surface area contributed by atoms with Crippen molar-refractivity contribution >= 4 is 27.8 Å². The van der Waals surface area contributed by atoms with E-state index in [0.29, 0.717) is 19.4 Å². The van der Waals surface area contributed by atoms with E-state index in [1.54, 1.807) is 6.92 Å². The van der Waals surface area contributed by atoms with Crippen LogP contribution in [0.5, 0.6) is 0 Å². The highest BCUT2D eigenvalue weighted by Gasteiger charge is 2.14. The SMILES string of the molecule is CCN(CC(=O)O)C(=O)CCc1ccc(Br)cc1. The van der Waals surface area contributed by atoms with Gasteiger partial charge >= 0.3 is 5.97 Å². The highest BCUT2D eigenvalue weighted by molar-refractivity contribution is 9.10. The Kier molecular flexibility index (Phi) is 5.85. The Bertz CT molecular complexity index is 417. The molecule has 0 atom stereocenters. The summed E-state index contributed by atoms with van der Waals surface area (Å²) in [6, 6.07) is 7.75. The number of halogens is 1. The van der Waals surface area contributed by atoms with E-state index < -0.39 is 5.97 Å². The summed E-state index contributed by atoms with van der Waals surface area (Å²) in [6.45, 7) is 1.97. The van der Waals surface area contributed by atoms with Gasteiger partial charge in [-0.3, -0.25) is 9.59 Å². The third-order valence-electron chi connectivity index (χ3n) is 2.60. The molecule has 0 heterocycles. The molecule has 98 valence electrons. The molecular weight excluding hydrogens is 298 g/mol. The highest BCUT2D eigenvalue weighted by Crippen LogP contribution is 2.12. The van der Waals surface area contributed by atoms with Crippen molar-refractivity contribution in [3.63, 3.8) is 0 Å². The molecule has 0 fully saturated rings. The van der Waals surface area contributed by atoms with Crippen LogP contribution in [-0.4, -0.2) is 35.0 Å². The lowest BCUT2D eigenvalue weighted by Gasteiger charge is -2.18. The number of carboxylic acid groups (broad SMARTS) is 1. The van der Waals surface area contributed by atoms with Gasteiger partial charge in [0.25, 0.3) is 0 Å². The first kappa shape index (κ1) is 14.7. The zero-order valence-corrected chi connectivity index (χ0v) is 11.8. The minimum Gasteiger partial charge on any atom is -0.480 e. The van der Waals surface area contributed by atoms with E-state index in [-0.39, 0.29) is 12.5 Å². The Balaban J connectivity index is 2.49. The Morgan fingerprint density at radius 2 is 1.89 bits per heavy atom. The zero-order chi connectivity index (χ0) is 13.5. The molecule has 0 aliphatic carbocycles. The van der Waals surface area contributed by atoms with E-state index in [9.17, 15) is 9.59 Å². The minimum atomic E-state index is -0.978. The number of benzene rings is 1. The highest BCUT2D eigenvalue weighted by atomic mass is 79.9. The number of carboxylic acids is 1. The van der Waals surface area contributed by atoms with Crippen LogP contribution < -0.4 is 0 Å². The van der Waals surface area contributed by atoms with Crippen LogP contribution in [0.25, 0.3) is 0 Å². The van der Waals surface area contributed by atoms with Crippen LogP contribution in [0.1, 0.15) is 18.9 Å². The lowest BCUT2D eigenvalue weighted by molar-refractivity contribution is -0.144. The largest absolute Gasteiger partial charge is 0.480 e. The van der Waals surface area contributed by atoms with Crippen LogP contribution in [0.15, 0.2) is 28.7 Å². The lowest BCUT2D eigenvalue weighted by Crippen LogP contribution is -2.35. The molecule has 0 aliphatic rings. The van der Waals surface area contributed by atoms with Crippen molar-refractivity contribution < 1.29 is 14.7 Å². The van der Waals surface area contributed by atoms with Crippen molar-refractivity contribution in [3.05, 3.63) is 34.3 Å². The number of rotatable bonds is 6. The second-order valence-electron chi connectivity index (χ2n) is 3.93. The number of carbonyl (C=O) groups excluding carboxylic acids is 1.